The van der Waals surface area contributed by atoms with Gasteiger partial charge in [0.25, 0.3) is 6.47 Å². The molecule has 0 saturated carbocycles. The molecule has 0 heterocycles. The second-order valence-electron chi connectivity index (χ2n) is 3.91. The first-order chi connectivity index (χ1) is 6.85. The molecule has 0 amide bonds. The van der Waals surface area contributed by atoms with Crippen LogP contribution in [0.15, 0.2) is 0 Å². The summed E-state index contributed by atoms with van der Waals surface area (Å²) < 4.78 is 4.78. The Morgan fingerprint density at radius 2 is 1.86 bits per heavy atom. The van der Waals surface area contributed by atoms with Crippen molar-refractivity contribution in [2.24, 2.45) is 5.92 Å². The van der Waals surface area contributed by atoms with E-state index < -0.39 is 0 Å². The molecule has 1 unspecified atom stereocenters. The molecule has 0 N–H and O–H groups in total. The molecule has 0 spiro atoms. The highest BCUT2D eigenvalue weighted by Crippen LogP contribution is 2.14. The van der Waals surface area contributed by atoms with Gasteiger partial charge in [0, 0.05) is 0 Å². The van der Waals surface area contributed by atoms with Crippen molar-refractivity contribution < 1.29 is 9.53 Å². The predicted octanol–water partition coefficient (Wildman–Crippen LogP) is 3.55. The number of rotatable bonds is 10. The van der Waals surface area contributed by atoms with Crippen LogP contribution in [0.4, 0.5) is 0 Å². The number of unbranched alkanes of at least 4 members (excludes halogenated alkanes) is 4. The SMILES string of the molecule is CCCCCCCC(CC)COC=O. The first kappa shape index (κ1) is 13.5. The molecule has 0 radical (unpaired) electrons. The maximum Gasteiger partial charge on any atom is 0.293 e. The summed E-state index contributed by atoms with van der Waals surface area (Å²) in [6.45, 7) is 5.55. The van der Waals surface area contributed by atoms with Gasteiger partial charge in [-0.1, -0.05) is 52.4 Å². The summed E-state index contributed by atoms with van der Waals surface area (Å²) in [4.78, 5) is 10.0. The molecule has 0 aliphatic rings. The number of carbonyl (C=O) groups is 1. The molecule has 84 valence electrons. The van der Waals surface area contributed by atoms with E-state index in [1.807, 2.05) is 0 Å². The number of hydrogen-bond acceptors (Lipinski definition) is 2. The van der Waals surface area contributed by atoms with E-state index in [0.717, 1.165) is 6.42 Å². The Morgan fingerprint density at radius 3 is 2.43 bits per heavy atom. The van der Waals surface area contributed by atoms with E-state index in [0.29, 0.717) is 19.0 Å². The van der Waals surface area contributed by atoms with Gasteiger partial charge in [0.15, 0.2) is 0 Å². The molecular weight excluding hydrogens is 176 g/mol. The van der Waals surface area contributed by atoms with Gasteiger partial charge in [-0.15, -0.1) is 0 Å². The lowest BCUT2D eigenvalue weighted by Crippen LogP contribution is -2.07. The zero-order valence-electron chi connectivity index (χ0n) is 9.63. The Morgan fingerprint density at radius 1 is 1.14 bits per heavy atom. The quantitative estimate of drug-likeness (QED) is 0.398. The minimum absolute atomic E-state index is 0.555. The third kappa shape index (κ3) is 8.09. The van der Waals surface area contributed by atoms with Crippen LogP contribution in [0.25, 0.3) is 0 Å². The van der Waals surface area contributed by atoms with Gasteiger partial charge < -0.3 is 4.74 Å². The van der Waals surface area contributed by atoms with E-state index in [-0.39, 0.29) is 0 Å². The number of carbonyl (C=O) groups excluding carboxylic acids is 1. The van der Waals surface area contributed by atoms with Gasteiger partial charge in [0.05, 0.1) is 6.61 Å². The zero-order valence-corrected chi connectivity index (χ0v) is 9.63. The summed E-state index contributed by atoms with van der Waals surface area (Å²) >= 11 is 0. The van der Waals surface area contributed by atoms with Gasteiger partial charge in [-0.05, 0) is 12.3 Å². The van der Waals surface area contributed by atoms with Crippen molar-refractivity contribution in [1.82, 2.24) is 0 Å². The van der Waals surface area contributed by atoms with Crippen LogP contribution in [0.2, 0.25) is 0 Å². The van der Waals surface area contributed by atoms with Gasteiger partial charge in [-0.2, -0.15) is 0 Å². The van der Waals surface area contributed by atoms with Crippen molar-refractivity contribution in [3.63, 3.8) is 0 Å². The third-order valence-corrected chi connectivity index (χ3v) is 2.69. The molecule has 0 aliphatic carbocycles. The van der Waals surface area contributed by atoms with E-state index in [2.05, 4.69) is 13.8 Å². The zero-order chi connectivity index (χ0) is 10.6. The van der Waals surface area contributed by atoms with Crippen LogP contribution < -0.4 is 0 Å². The summed E-state index contributed by atoms with van der Waals surface area (Å²) in [5, 5.41) is 0. The molecule has 0 bridgehead atoms. The van der Waals surface area contributed by atoms with Crippen LogP contribution in [0, 0.1) is 5.92 Å². The second-order valence-corrected chi connectivity index (χ2v) is 3.91. The van der Waals surface area contributed by atoms with Crippen molar-refractivity contribution in [1.29, 1.82) is 0 Å². The molecular formula is C12H24O2. The van der Waals surface area contributed by atoms with Gasteiger partial charge >= 0.3 is 0 Å². The van der Waals surface area contributed by atoms with Gasteiger partial charge in [-0.3, -0.25) is 4.79 Å². The van der Waals surface area contributed by atoms with Crippen molar-refractivity contribution >= 4 is 6.47 Å². The summed E-state index contributed by atoms with van der Waals surface area (Å²) in [6, 6.07) is 0. The Labute approximate surface area is 88.0 Å². The van der Waals surface area contributed by atoms with E-state index in [1.54, 1.807) is 0 Å². The lowest BCUT2D eigenvalue weighted by atomic mass is 9.99. The molecule has 2 nitrogen and oxygen atoms in total. The molecule has 0 rings (SSSR count). The van der Waals surface area contributed by atoms with Gasteiger partial charge in [-0.25, -0.2) is 0 Å². The Hall–Kier alpha value is -0.530. The molecule has 1 atom stereocenters. The van der Waals surface area contributed by atoms with Crippen LogP contribution in [0.5, 0.6) is 0 Å². The van der Waals surface area contributed by atoms with E-state index in [9.17, 15) is 4.79 Å². The Bertz CT molecular complexity index is 123. The third-order valence-electron chi connectivity index (χ3n) is 2.69. The van der Waals surface area contributed by atoms with E-state index in [1.165, 1.54) is 38.5 Å². The first-order valence-corrected chi connectivity index (χ1v) is 5.90. The second kappa shape index (κ2) is 10.6. The summed E-state index contributed by atoms with van der Waals surface area (Å²) in [5.41, 5.74) is 0. The first-order valence-electron chi connectivity index (χ1n) is 5.90. The van der Waals surface area contributed by atoms with Crippen molar-refractivity contribution in [3.8, 4) is 0 Å². The minimum atomic E-state index is 0.555. The van der Waals surface area contributed by atoms with Crippen LogP contribution in [0.3, 0.4) is 0 Å². The van der Waals surface area contributed by atoms with Gasteiger partial charge in [0.2, 0.25) is 0 Å². The molecule has 0 saturated heterocycles. The Balaban J connectivity index is 3.28. The van der Waals surface area contributed by atoms with Crippen molar-refractivity contribution in [2.45, 2.75) is 58.8 Å². The fourth-order valence-corrected chi connectivity index (χ4v) is 1.62. The highest BCUT2D eigenvalue weighted by molar-refractivity contribution is 5.36. The van der Waals surface area contributed by atoms with Crippen LogP contribution in [-0.4, -0.2) is 13.1 Å². The lowest BCUT2D eigenvalue weighted by Gasteiger charge is -2.12. The van der Waals surface area contributed by atoms with Crippen LogP contribution >= 0.6 is 0 Å². The topological polar surface area (TPSA) is 26.3 Å². The molecule has 2 heteroatoms. The Kier molecular flexibility index (Phi) is 10.2. The normalized spacial score (nSPS) is 12.4. The van der Waals surface area contributed by atoms with E-state index in [4.69, 9.17) is 4.74 Å². The molecule has 0 aromatic rings. The molecule has 14 heavy (non-hydrogen) atoms. The lowest BCUT2D eigenvalue weighted by molar-refractivity contribution is -0.130. The maximum absolute atomic E-state index is 10.0. The summed E-state index contributed by atoms with van der Waals surface area (Å²) in [7, 11) is 0. The summed E-state index contributed by atoms with van der Waals surface area (Å²) in [6.07, 6.45) is 8.91. The number of ether oxygens (including phenoxy) is 1. The molecule has 0 aromatic carbocycles. The minimum Gasteiger partial charge on any atom is -0.468 e. The van der Waals surface area contributed by atoms with Crippen molar-refractivity contribution in [3.05, 3.63) is 0 Å². The average Bonchev–Trinajstić information content (AvgIpc) is 2.22. The van der Waals surface area contributed by atoms with Gasteiger partial charge in [0.1, 0.15) is 0 Å². The fraction of sp³-hybridized carbons (Fsp3) is 0.917. The molecule has 0 aliphatic heterocycles. The average molecular weight is 200 g/mol. The standard InChI is InChI=1S/C12H24O2/c1-3-5-6-7-8-9-12(4-2)10-14-11-13/h11-12H,3-10H2,1-2H3. The smallest absolute Gasteiger partial charge is 0.293 e. The highest BCUT2D eigenvalue weighted by atomic mass is 16.5. The van der Waals surface area contributed by atoms with Crippen LogP contribution in [-0.2, 0) is 9.53 Å². The van der Waals surface area contributed by atoms with Crippen molar-refractivity contribution in [2.75, 3.05) is 6.61 Å². The highest BCUT2D eigenvalue weighted by Gasteiger charge is 2.05. The number of hydrogen-bond donors (Lipinski definition) is 0. The maximum atomic E-state index is 10.0. The van der Waals surface area contributed by atoms with E-state index >= 15 is 0 Å². The molecule has 0 aromatic heterocycles. The monoisotopic (exact) mass is 200 g/mol. The van der Waals surface area contributed by atoms with Crippen LogP contribution in [0.1, 0.15) is 58.8 Å². The predicted molar refractivity (Wildman–Crippen MR) is 59.2 cm³/mol. The largest absolute Gasteiger partial charge is 0.468 e. The summed E-state index contributed by atoms with van der Waals surface area (Å²) in [5.74, 6) is 0.571. The fourth-order valence-electron chi connectivity index (χ4n) is 1.62. The molecule has 0 fully saturated rings.